The van der Waals surface area contributed by atoms with Gasteiger partial charge in [-0.15, -0.1) is 0 Å². The van der Waals surface area contributed by atoms with Crippen LogP contribution in [-0.2, 0) is 20.7 Å². The SMILES string of the molecule is O=C(O)CC1(NC(=O)CCc2ccc(Cl)c(Cl)c2)CCOCC1. The zero-order chi connectivity index (χ0) is 16.9. The summed E-state index contributed by atoms with van der Waals surface area (Å²) in [5, 5.41) is 12.9. The number of aryl methyl sites for hydroxylation is 1. The van der Waals surface area contributed by atoms with Gasteiger partial charge < -0.3 is 15.2 Å². The van der Waals surface area contributed by atoms with Crippen LogP contribution in [0.4, 0.5) is 0 Å². The van der Waals surface area contributed by atoms with Gasteiger partial charge in [0.25, 0.3) is 0 Å². The minimum atomic E-state index is -0.920. The molecule has 1 aromatic carbocycles. The average Bonchev–Trinajstić information content (AvgIpc) is 2.48. The van der Waals surface area contributed by atoms with E-state index < -0.39 is 11.5 Å². The van der Waals surface area contributed by atoms with Gasteiger partial charge in [-0.1, -0.05) is 29.3 Å². The Morgan fingerprint density at radius 3 is 2.52 bits per heavy atom. The second kappa shape index (κ2) is 7.99. The Balaban J connectivity index is 1.93. The number of carboxylic acid groups (broad SMARTS) is 1. The maximum absolute atomic E-state index is 12.2. The first-order valence-electron chi connectivity index (χ1n) is 7.45. The Morgan fingerprint density at radius 1 is 1.22 bits per heavy atom. The molecule has 1 aromatic rings. The predicted octanol–water partition coefficient (Wildman–Crippen LogP) is 3.07. The van der Waals surface area contributed by atoms with Crippen molar-refractivity contribution in [1.29, 1.82) is 0 Å². The van der Waals surface area contributed by atoms with Crippen LogP contribution in [0, 0.1) is 0 Å². The highest BCUT2D eigenvalue weighted by Gasteiger charge is 2.36. The van der Waals surface area contributed by atoms with E-state index in [2.05, 4.69) is 5.32 Å². The average molecular weight is 360 g/mol. The lowest BCUT2D eigenvalue weighted by molar-refractivity contribution is -0.140. The Morgan fingerprint density at radius 2 is 1.91 bits per heavy atom. The number of hydrogen-bond acceptors (Lipinski definition) is 3. The van der Waals surface area contributed by atoms with E-state index in [0.717, 1.165) is 5.56 Å². The third kappa shape index (κ3) is 5.37. The van der Waals surface area contributed by atoms with Crippen LogP contribution in [0.5, 0.6) is 0 Å². The number of benzene rings is 1. The summed E-state index contributed by atoms with van der Waals surface area (Å²) in [5.41, 5.74) is 0.201. The molecule has 2 rings (SSSR count). The van der Waals surface area contributed by atoms with Gasteiger partial charge in [-0.3, -0.25) is 9.59 Å². The molecular formula is C16H19Cl2NO4. The zero-order valence-electron chi connectivity index (χ0n) is 12.6. The first-order chi connectivity index (χ1) is 10.9. The van der Waals surface area contributed by atoms with E-state index in [1.54, 1.807) is 12.1 Å². The lowest BCUT2D eigenvalue weighted by Gasteiger charge is -2.36. The number of nitrogens with one attached hydrogen (secondary N) is 1. The van der Waals surface area contributed by atoms with Crippen LogP contribution >= 0.6 is 23.2 Å². The van der Waals surface area contributed by atoms with Gasteiger partial charge in [-0.2, -0.15) is 0 Å². The van der Waals surface area contributed by atoms with Crippen LogP contribution in [-0.4, -0.2) is 35.7 Å². The van der Waals surface area contributed by atoms with Crippen molar-refractivity contribution < 1.29 is 19.4 Å². The van der Waals surface area contributed by atoms with Crippen molar-refractivity contribution in [3.63, 3.8) is 0 Å². The number of carboxylic acids is 1. The highest BCUT2D eigenvalue weighted by molar-refractivity contribution is 6.42. The van der Waals surface area contributed by atoms with Crippen LogP contribution in [0.3, 0.4) is 0 Å². The van der Waals surface area contributed by atoms with Gasteiger partial charge in [0.05, 0.1) is 22.0 Å². The Kier molecular flexibility index (Phi) is 6.27. The first-order valence-corrected chi connectivity index (χ1v) is 8.20. The van der Waals surface area contributed by atoms with E-state index in [1.165, 1.54) is 0 Å². The third-order valence-electron chi connectivity index (χ3n) is 3.97. The minimum Gasteiger partial charge on any atom is -0.481 e. The molecule has 0 atom stereocenters. The summed E-state index contributed by atoms with van der Waals surface area (Å²) < 4.78 is 5.27. The molecule has 0 aromatic heterocycles. The molecule has 0 unspecified atom stereocenters. The molecule has 7 heteroatoms. The van der Waals surface area contributed by atoms with Gasteiger partial charge in [0.2, 0.25) is 5.91 Å². The molecule has 0 radical (unpaired) electrons. The van der Waals surface area contributed by atoms with Crippen molar-refractivity contribution in [2.45, 2.75) is 37.6 Å². The van der Waals surface area contributed by atoms with Crippen LogP contribution in [0.15, 0.2) is 18.2 Å². The fourth-order valence-corrected chi connectivity index (χ4v) is 3.03. The Bertz CT molecular complexity index is 585. The number of halogens is 2. The molecule has 1 fully saturated rings. The predicted molar refractivity (Wildman–Crippen MR) is 88.0 cm³/mol. The molecule has 1 amide bonds. The maximum atomic E-state index is 12.2. The summed E-state index contributed by atoms with van der Waals surface area (Å²) in [7, 11) is 0. The van der Waals surface area contributed by atoms with Gasteiger partial charge in [0.15, 0.2) is 0 Å². The highest BCUT2D eigenvalue weighted by atomic mass is 35.5. The monoisotopic (exact) mass is 359 g/mol. The van der Waals surface area contributed by atoms with Crippen molar-refractivity contribution >= 4 is 35.1 Å². The summed E-state index contributed by atoms with van der Waals surface area (Å²) in [6.07, 6.45) is 1.72. The van der Waals surface area contributed by atoms with E-state index in [-0.39, 0.29) is 18.7 Å². The molecule has 0 saturated carbocycles. The Labute approximate surface area is 144 Å². The molecule has 5 nitrogen and oxygen atoms in total. The van der Waals surface area contributed by atoms with Crippen molar-refractivity contribution in [2.75, 3.05) is 13.2 Å². The molecule has 1 aliphatic rings. The molecule has 0 aliphatic carbocycles. The fourth-order valence-electron chi connectivity index (χ4n) is 2.71. The van der Waals surface area contributed by atoms with Crippen LogP contribution in [0.1, 0.15) is 31.2 Å². The van der Waals surface area contributed by atoms with Crippen LogP contribution in [0.25, 0.3) is 0 Å². The second-order valence-corrected chi connectivity index (χ2v) is 6.57. The minimum absolute atomic E-state index is 0.0884. The summed E-state index contributed by atoms with van der Waals surface area (Å²) in [6.45, 7) is 0.917. The van der Waals surface area contributed by atoms with E-state index in [9.17, 15) is 9.59 Å². The van der Waals surface area contributed by atoms with Crippen molar-refractivity contribution in [3.8, 4) is 0 Å². The number of carbonyl (C=O) groups is 2. The summed E-state index contributed by atoms with van der Waals surface area (Å²) in [5.74, 6) is -1.09. The summed E-state index contributed by atoms with van der Waals surface area (Å²) in [4.78, 5) is 23.3. The van der Waals surface area contributed by atoms with Crippen molar-refractivity contribution in [1.82, 2.24) is 5.32 Å². The molecular weight excluding hydrogens is 341 g/mol. The third-order valence-corrected chi connectivity index (χ3v) is 4.71. The molecule has 1 heterocycles. The van der Waals surface area contributed by atoms with Gasteiger partial charge >= 0.3 is 5.97 Å². The lowest BCUT2D eigenvalue weighted by atomic mass is 9.86. The van der Waals surface area contributed by atoms with Gasteiger partial charge in [0.1, 0.15) is 0 Å². The van der Waals surface area contributed by atoms with Crippen LogP contribution < -0.4 is 5.32 Å². The van der Waals surface area contributed by atoms with Crippen molar-refractivity contribution in [2.24, 2.45) is 0 Å². The summed E-state index contributed by atoms with van der Waals surface area (Å²) >= 11 is 11.8. The van der Waals surface area contributed by atoms with E-state index in [1.807, 2.05) is 6.07 Å². The molecule has 1 saturated heterocycles. The fraction of sp³-hybridized carbons (Fsp3) is 0.500. The second-order valence-electron chi connectivity index (χ2n) is 5.76. The van der Waals surface area contributed by atoms with E-state index in [4.69, 9.17) is 33.0 Å². The molecule has 2 N–H and O–H groups in total. The molecule has 23 heavy (non-hydrogen) atoms. The maximum Gasteiger partial charge on any atom is 0.305 e. The summed E-state index contributed by atoms with van der Waals surface area (Å²) in [6, 6.07) is 5.25. The van der Waals surface area contributed by atoms with Gasteiger partial charge in [0, 0.05) is 19.6 Å². The number of aliphatic carboxylic acids is 1. The standard InChI is InChI=1S/C16H19Cl2NO4/c17-12-3-1-11(9-13(12)18)2-4-14(20)19-16(10-15(21)22)5-7-23-8-6-16/h1,3,9H,2,4-8,10H2,(H,19,20)(H,21,22). The number of ether oxygens (including phenoxy) is 1. The number of amides is 1. The van der Waals surface area contributed by atoms with Crippen LogP contribution in [0.2, 0.25) is 10.0 Å². The normalized spacial score (nSPS) is 16.8. The van der Waals surface area contributed by atoms with E-state index in [0.29, 0.717) is 42.5 Å². The highest BCUT2D eigenvalue weighted by Crippen LogP contribution is 2.26. The molecule has 0 bridgehead atoms. The topological polar surface area (TPSA) is 75.6 Å². The number of hydrogen-bond donors (Lipinski definition) is 2. The number of carbonyl (C=O) groups excluding carboxylic acids is 1. The Hall–Kier alpha value is -1.30. The first kappa shape index (κ1) is 18.0. The van der Waals surface area contributed by atoms with Gasteiger partial charge in [-0.25, -0.2) is 0 Å². The quantitative estimate of drug-likeness (QED) is 0.818. The molecule has 0 spiro atoms. The largest absolute Gasteiger partial charge is 0.481 e. The zero-order valence-corrected chi connectivity index (χ0v) is 14.1. The molecule has 1 aliphatic heterocycles. The lowest BCUT2D eigenvalue weighted by Crippen LogP contribution is -2.53. The number of rotatable bonds is 6. The smallest absolute Gasteiger partial charge is 0.305 e. The molecule has 126 valence electrons. The van der Waals surface area contributed by atoms with Crippen molar-refractivity contribution in [3.05, 3.63) is 33.8 Å². The van der Waals surface area contributed by atoms with Gasteiger partial charge in [-0.05, 0) is 37.0 Å². The van der Waals surface area contributed by atoms with E-state index >= 15 is 0 Å².